The van der Waals surface area contributed by atoms with Crippen LogP contribution in [0.2, 0.25) is 0 Å². The molecule has 1 aromatic heterocycles. The van der Waals surface area contributed by atoms with E-state index < -0.39 is 35.0 Å². The van der Waals surface area contributed by atoms with Gasteiger partial charge in [-0.15, -0.1) is 0 Å². The summed E-state index contributed by atoms with van der Waals surface area (Å²) in [6, 6.07) is 20.2. The lowest BCUT2D eigenvalue weighted by atomic mass is 9.90. The largest absolute Gasteiger partial charge is 0.477 e. The summed E-state index contributed by atoms with van der Waals surface area (Å²) < 4.78 is 28.1. The number of nitrogens with one attached hydrogen (secondary N) is 4. The molecule has 0 aliphatic carbocycles. The van der Waals surface area contributed by atoms with E-state index in [9.17, 15) is 24.3 Å². The molecule has 0 saturated carbocycles. The fraction of sp³-hybridized carbons (Fsp3) is 0.467. The third-order valence-corrected chi connectivity index (χ3v) is 11.5. The van der Waals surface area contributed by atoms with Crippen molar-refractivity contribution >= 4 is 40.4 Å². The molecular weight excluding hydrogens is 770 g/mol. The zero-order valence-corrected chi connectivity index (χ0v) is 34.8. The smallest absolute Gasteiger partial charge is 0.410 e. The number of carboxylic acids is 1. The minimum Gasteiger partial charge on any atom is -0.477 e. The molecule has 15 heteroatoms. The number of piperazine rings is 1. The lowest BCUT2D eigenvalue weighted by molar-refractivity contribution is 0.0694. The average molecular weight is 828 g/mol. The lowest BCUT2D eigenvalue weighted by Gasteiger charge is -2.35. The minimum absolute atomic E-state index is 0.0121. The van der Waals surface area contributed by atoms with Crippen molar-refractivity contribution < 1.29 is 33.4 Å². The van der Waals surface area contributed by atoms with E-state index in [2.05, 4.69) is 35.1 Å². The minimum atomic E-state index is -1.36. The number of nitrogens with zero attached hydrogens (tertiary/aromatic N) is 3. The number of aromatic nitrogens is 1. The topological polar surface area (TPSA) is 166 Å². The van der Waals surface area contributed by atoms with E-state index in [0.717, 1.165) is 55.2 Å². The van der Waals surface area contributed by atoms with Crippen LogP contribution in [0.15, 0.2) is 77.7 Å². The molecule has 2 fully saturated rings. The maximum Gasteiger partial charge on any atom is 0.410 e. The van der Waals surface area contributed by atoms with E-state index in [4.69, 9.17) is 9.47 Å². The number of pyridine rings is 1. The summed E-state index contributed by atoms with van der Waals surface area (Å²) in [6.07, 6.45) is 3.67. The molecule has 0 unspecified atom stereocenters. The predicted octanol–water partition coefficient (Wildman–Crippen LogP) is 6.03. The number of benzene rings is 3. The van der Waals surface area contributed by atoms with Crippen LogP contribution in [0, 0.1) is 17.7 Å². The number of piperidine rings is 1. The number of amides is 2. The Hall–Kier alpha value is -5.67. The van der Waals surface area contributed by atoms with E-state index >= 15 is 4.39 Å². The number of carbonyl (C=O) groups is 3. The molecule has 0 radical (unpaired) electrons. The third kappa shape index (κ3) is 11.7. The van der Waals surface area contributed by atoms with Crippen molar-refractivity contribution in [2.24, 2.45) is 11.8 Å². The van der Waals surface area contributed by atoms with Crippen LogP contribution in [0.1, 0.15) is 61.5 Å². The summed E-state index contributed by atoms with van der Waals surface area (Å²) in [5.74, 6) is -1.19. The van der Waals surface area contributed by atoms with Gasteiger partial charge >= 0.3 is 18.2 Å². The van der Waals surface area contributed by atoms with Crippen LogP contribution >= 0.6 is 0 Å². The van der Waals surface area contributed by atoms with Crippen molar-refractivity contribution in [3.8, 4) is 0 Å². The number of rotatable bonds is 17. The van der Waals surface area contributed by atoms with Gasteiger partial charge in [-0.25, -0.2) is 18.8 Å². The standard InChI is InChI=1S/C45H58FN7O7/c1-4-51-27-37(43(55)56)42(54)36-23-38(46)41(24-40(36)51)52-18-20-53(21-19-52)45(58)60-29-33-10-12-34(13-11-33)48-25-35(22-31-14-16-47-17-15-31)49-26-39(30(2)3)50-44(57)59-28-32-8-6-5-7-9-32/h5-13,23-24,27,30-31,35,39,47-49H,4,14-22,25-26,28-29H2,1-3H3,(H,50,57)(H,55,56)/t35-,39+/m0/s1. The molecule has 2 atom stereocenters. The Bertz CT molecular complexity index is 2120. The second-order valence-corrected chi connectivity index (χ2v) is 16.0. The number of ether oxygens (including phenoxy) is 2. The second-order valence-electron chi connectivity index (χ2n) is 16.0. The van der Waals surface area contributed by atoms with E-state index in [1.165, 1.54) is 6.20 Å². The van der Waals surface area contributed by atoms with Crippen molar-refractivity contribution in [2.75, 3.05) is 62.6 Å². The summed E-state index contributed by atoms with van der Waals surface area (Å²) in [5, 5.41) is 23.3. The van der Waals surface area contributed by atoms with Gasteiger partial charge in [0.25, 0.3) is 0 Å². The molecule has 4 aromatic rings. The van der Waals surface area contributed by atoms with Gasteiger partial charge in [-0.1, -0.05) is 56.3 Å². The van der Waals surface area contributed by atoms with Crippen LogP contribution in [0.3, 0.4) is 0 Å². The van der Waals surface area contributed by atoms with Gasteiger partial charge in [-0.05, 0) is 86.5 Å². The quantitative estimate of drug-likeness (QED) is 0.0844. The zero-order chi connectivity index (χ0) is 42.6. The van der Waals surface area contributed by atoms with Crippen LogP contribution in [-0.4, -0.2) is 97.2 Å². The molecule has 2 aliphatic heterocycles. The highest BCUT2D eigenvalue weighted by Gasteiger charge is 2.26. The number of anilines is 2. The lowest BCUT2D eigenvalue weighted by Crippen LogP contribution is -2.49. The first kappa shape index (κ1) is 43.9. The number of carbonyl (C=O) groups excluding carboxylic acids is 2. The van der Waals surface area contributed by atoms with E-state index in [1.54, 1.807) is 15.5 Å². The molecule has 3 aromatic carbocycles. The van der Waals surface area contributed by atoms with Gasteiger partial charge in [0, 0.05) is 75.2 Å². The van der Waals surface area contributed by atoms with Gasteiger partial charge < -0.3 is 50.2 Å². The maximum absolute atomic E-state index is 15.4. The SMILES string of the molecule is CCn1cc(C(=O)O)c(=O)c2cc(F)c(N3CCN(C(=O)OCc4ccc(NC[C@H](CC5CCNCC5)NC[C@@H](NC(=O)OCc5ccccc5)C(C)C)cc4)CC3)cc21. The number of aryl methyl sites for hydroxylation is 1. The molecular formula is C45H58FN7O7. The fourth-order valence-corrected chi connectivity index (χ4v) is 7.80. The molecule has 0 spiro atoms. The summed E-state index contributed by atoms with van der Waals surface area (Å²) in [5.41, 5.74) is 2.33. The molecule has 2 aliphatic rings. The van der Waals surface area contributed by atoms with Crippen LogP contribution in [-0.2, 0) is 29.2 Å². The Balaban J connectivity index is 0.976. The Morgan fingerprint density at radius 2 is 1.60 bits per heavy atom. The highest BCUT2D eigenvalue weighted by Crippen LogP contribution is 2.27. The number of fused-ring (bicyclic) bond motifs is 1. The van der Waals surface area contributed by atoms with Crippen LogP contribution in [0.25, 0.3) is 10.9 Å². The number of hydrogen-bond acceptors (Lipinski definition) is 10. The van der Waals surface area contributed by atoms with Crippen molar-refractivity contribution in [3.05, 3.63) is 106 Å². The van der Waals surface area contributed by atoms with Gasteiger partial charge in [0.1, 0.15) is 24.6 Å². The Labute approximate surface area is 350 Å². The molecule has 6 rings (SSSR count). The summed E-state index contributed by atoms with van der Waals surface area (Å²) in [4.78, 5) is 53.5. The Morgan fingerprint density at radius 3 is 2.27 bits per heavy atom. The zero-order valence-electron chi connectivity index (χ0n) is 34.8. The molecule has 2 saturated heterocycles. The first-order chi connectivity index (χ1) is 29.0. The number of hydrogen-bond donors (Lipinski definition) is 5. The van der Waals surface area contributed by atoms with E-state index in [-0.39, 0.29) is 42.3 Å². The summed E-state index contributed by atoms with van der Waals surface area (Å²) >= 11 is 0. The van der Waals surface area contributed by atoms with Crippen LogP contribution in [0.4, 0.5) is 25.4 Å². The predicted molar refractivity (Wildman–Crippen MR) is 230 cm³/mol. The van der Waals surface area contributed by atoms with E-state index in [1.807, 2.05) is 66.4 Å². The second kappa shape index (κ2) is 21.0. The fourth-order valence-electron chi connectivity index (χ4n) is 7.80. The average Bonchev–Trinajstić information content (AvgIpc) is 3.26. The van der Waals surface area contributed by atoms with Gasteiger partial charge in [-0.2, -0.15) is 0 Å². The molecule has 60 heavy (non-hydrogen) atoms. The Morgan fingerprint density at radius 1 is 0.917 bits per heavy atom. The number of halogens is 1. The molecule has 2 amide bonds. The van der Waals surface area contributed by atoms with Crippen molar-refractivity contribution in [1.82, 2.24) is 25.4 Å². The van der Waals surface area contributed by atoms with Crippen LogP contribution in [0.5, 0.6) is 0 Å². The normalized spacial score (nSPS) is 15.8. The van der Waals surface area contributed by atoms with Crippen molar-refractivity contribution in [3.63, 3.8) is 0 Å². The highest BCUT2D eigenvalue weighted by atomic mass is 19.1. The third-order valence-electron chi connectivity index (χ3n) is 11.5. The molecule has 3 heterocycles. The molecule has 14 nitrogen and oxygen atoms in total. The molecule has 0 bridgehead atoms. The van der Waals surface area contributed by atoms with Crippen LogP contribution < -0.4 is 31.6 Å². The van der Waals surface area contributed by atoms with E-state index in [0.29, 0.717) is 57.2 Å². The summed E-state index contributed by atoms with van der Waals surface area (Å²) in [7, 11) is 0. The number of carboxylic acid groups (broad SMARTS) is 1. The van der Waals surface area contributed by atoms with Crippen molar-refractivity contribution in [1.29, 1.82) is 0 Å². The number of aromatic carboxylic acids is 1. The number of alkyl carbamates (subject to hydrolysis) is 1. The van der Waals surface area contributed by atoms with Crippen molar-refractivity contribution in [2.45, 2.75) is 71.9 Å². The van der Waals surface area contributed by atoms with Gasteiger partial charge in [-0.3, -0.25) is 4.79 Å². The first-order valence-corrected chi connectivity index (χ1v) is 21.0. The van der Waals surface area contributed by atoms with Gasteiger partial charge in [0.15, 0.2) is 0 Å². The monoisotopic (exact) mass is 827 g/mol. The first-order valence-electron chi connectivity index (χ1n) is 21.0. The Kier molecular flexibility index (Phi) is 15.4. The summed E-state index contributed by atoms with van der Waals surface area (Å²) in [6.45, 7) is 11.4. The molecule has 322 valence electrons. The molecule has 5 N–H and O–H groups in total. The van der Waals surface area contributed by atoms with Gasteiger partial charge in [0.2, 0.25) is 5.43 Å². The highest BCUT2D eigenvalue weighted by molar-refractivity contribution is 5.93. The maximum atomic E-state index is 15.4. The van der Waals surface area contributed by atoms with Gasteiger partial charge in [0.05, 0.1) is 11.2 Å².